The summed E-state index contributed by atoms with van der Waals surface area (Å²) in [6.07, 6.45) is 5.80. The molecule has 2 nitrogen and oxygen atoms in total. The smallest absolute Gasteiger partial charge is 0.0732 e. The van der Waals surface area contributed by atoms with Crippen molar-refractivity contribution in [3.05, 3.63) is 375 Å². The van der Waals surface area contributed by atoms with E-state index >= 15 is 0 Å². The first-order valence-electron chi connectivity index (χ1n) is 30.3. The lowest BCUT2D eigenvalue weighted by Gasteiger charge is -2.34. The molecule has 0 N–H and O–H groups in total. The summed E-state index contributed by atoms with van der Waals surface area (Å²) in [5, 5.41) is 7.55. The van der Waals surface area contributed by atoms with Crippen molar-refractivity contribution in [1.29, 1.82) is 0 Å². The molecule has 2 aliphatic rings. The fourth-order valence-electron chi connectivity index (χ4n) is 14.2. The van der Waals surface area contributed by atoms with Crippen molar-refractivity contribution in [3.8, 4) is 55.6 Å². The highest BCUT2D eigenvalue weighted by molar-refractivity contribution is 6.24. The molecule has 0 unspecified atom stereocenters. The summed E-state index contributed by atoms with van der Waals surface area (Å²) in [6.45, 7) is 8.26. The summed E-state index contributed by atoms with van der Waals surface area (Å²) in [5.41, 5.74) is 24.9. The minimum absolute atomic E-state index is 0.602. The van der Waals surface area contributed by atoms with Crippen molar-refractivity contribution in [1.82, 2.24) is 0 Å². The number of rotatable bonds is 11. The van der Waals surface area contributed by atoms with E-state index in [2.05, 4.69) is 345 Å². The van der Waals surface area contributed by atoms with Crippen LogP contribution < -0.4 is 9.80 Å². The van der Waals surface area contributed by atoms with E-state index in [9.17, 15) is 0 Å². The Labute approximate surface area is 515 Å². The first-order chi connectivity index (χ1) is 43.5. The maximum absolute atomic E-state index is 4.22. The monoisotopic (exact) mass is 1120 g/mol. The number of allylic oxidation sites excluding steroid dienone is 4. The average molecular weight is 1120 g/mol. The molecular formula is C86H62N2. The van der Waals surface area contributed by atoms with Crippen LogP contribution in [-0.2, 0) is 5.41 Å². The minimum Gasteiger partial charge on any atom is -0.344 e. The van der Waals surface area contributed by atoms with Gasteiger partial charge in [-0.1, -0.05) is 304 Å². The molecule has 0 atom stereocenters. The standard InChI is InChI=1S/C61H41N.C25H21N/c1-3-21-40(4-2)42-36-37-44(41-22-7-5-8-23-41)56(38-42)62(43-24-9-6-10-25-43)57-39-55-58(51-32-15-13-30-49(51)57)59-50-31-14-11-26-45(50)46-27-12-16-33-52(46)60(59)61(55)53-34-19-17-28-47(53)48-29-18-20-35-54(48)61;1-26(23-15-9-4-10-16-23)25-19-22(20-11-5-2-6-12-20)17-18-24(25)21-13-7-3-8-14-21/h3-39H,1-2H2;2-19H,1H3/b40-21+;. The highest BCUT2D eigenvalue weighted by Crippen LogP contribution is 2.67. The van der Waals surface area contributed by atoms with Crippen molar-refractivity contribution in [2.45, 2.75) is 5.41 Å². The Morgan fingerprint density at radius 1 is 0.330 bits per heavy atom. The third-order valence-corrected chi connectivity index (χ3v) is 18.1. The molecule has 0 bridgehead atoms. The molecule has 16 rings (SSSR count). The van der Waals surface area contributed by atoms with Gasteiger partial charge in [-0.05, 0) is 147 Å². The van der Waals surface area contributed by atoms with Gasteiger partial charge in [-0.3, -0.25) is 0 Å². The molecule has 2 heteroatoms. The van der Waals surface area contributed by atoms with Crippen LogP contribution in [0.5, 0.6) is 0 Å². The zero-order valence-corrected chi connectivity index (χ0v) is 49.1. The molecule has 0 saturated heterocycles. The topological polar surface area (TPSA) is 6.48 Å². The maximum Gasteiger partial charge on any atom is 0.0732 e. The highest BCUT2D eigenvalue weighted by atomic mass is 15.1. The molecule has 1 spiro atoms. The number of benzene rings is 14. The Balaban J connectivity index is 0.000000209. The molecule has 0 radical (unpaired) electrons. The van der Waals surface area contributed by atoms with Crippen LogP contribution in [-0.4, -0.2) is 7.05 Å². The minimum atomic E-state index is -0.602. The lowest BCUT2D eigenvalue weighted by atomic mass is 9.69. The van der Waals surface area contributed by atoms with Crippen molar-refractivity contribution in [3.63, 3.8) is 0 Å². The Morgan fingerprint density at radius 3 is 1.36 bits per heavy atom. The summed E-state index contributed by atoms with van der Waals surface area (Å²) in [6, 6.07) is 115. The van der Waals surface area contributed by atoms with Crippen molar-refractivity contribution in [2.24, 2.45) is 0 Å². The molecular weight excluding hydrogens is 1060 g/mol. The predicted octanol–water partition coefficient (Wildman–Crippen LogP) is 23.2. The average Bonchev–Trinajstić information content (AvgIpc) is 1.49. The highest BCUT2D eigenvalue weighted by Gasteiger charge is 2.54. The van der Waals surface area contributed by atoms with E-state index in [1.807, 2.05) is 18.2 Å². The van der Waals surface area contributed by atoms with Gasteiger partial charge in [-0.25, -0.2) is 0 Å². The molecule has 0 amide bonds. The van der Waals surface area contributed by atoms with Crippen LogP contribution in [0, 0.1) is 0 Å². The van der Waals surface area contributed by atoms with Gasteiger partial charge in [0.25, 0.3) is 0 Å². The summed E-state index contributed by atoms with van der Waals surface area (Å²) in [5.74, 6) is 0. The van der Waals surface area contributed by atoms with Gasteiger partial charge >= 0.3 is 0 Å². The SMILES string of the molecule is C=C/C=C(\C=C)c1ccc(-c2ccccc2)c(N(c2ccccc2)c2cc3c(c4ccccc24)-c2c(c4ccccc4c4ccccc24)C32c3ccccc3-c3ccccc32)c1.CN(c1ccccc1)c1cc(-c2ccccc2)ccc1-c1ccccc1. The van der Waals surface area contributed by atoms with E-state index in [0.29, 0.717) is 0 Å². The van der Waals surface area contributed by atoms with Gasteiger partial charge in [-0.2, -0.15) is 0 Å². The third kappa shape index (κ3) is 8.80. The summed E-state index contributed by atoms with van der Waals surface area (Å²) in [7, 11) is 2.13. The largest absolute Gasteiger partial charge is 0.344 e. The van der Waals surface area contributed by atoms with E-state index in [-0.39, 0.29) is 0 Å². The van der Waals surface area contributed by atoms with Crippen LogP contribution in [0.4, 0.5) is 28.4 Å². The Bertz CT molecular complexity index is 4960. The Hall–Kier alpha value is -11.3. The fourth-order valence-corrected chi connectivity index (χ4v) is 14.2. The first kappa shape index (κ1) is 53.4. The van der Waals surface area contributed by atoms with Gasteiger partial charge in [0.1, 0.15) is 0 Å². The molecule has 14 aromatic rings. The number of anilines is 5. The van der Waals surface area contributed by atoms with Crippen LogP contribution in [0.2, 0.25) is 0 Å². The molecule has 0 saturated carbocycles. The second kappa shape index (κ2) is 22.6. The molecule has 88 heavy (non-hydrogen) atoms. The lowest BCUT2D eigenvalue weighted by Crippen LogP contribution is -2.26. The second-order valence-electron chi connectivity index (χ2n) is 22.7. The Morgan fingerprint density at radius 2 is 0.784 bits per heavy atom. The van der Waals surface area contributed by atoms with Crippen LogP contribution in [0.25, 0.3) is 93.5 Å². The number of hydrogen-bond donors (Lipinski definition) is 0. The van der Waals surface area contributed by atoms with Gasteiger partial charge in [0, 0.05) is 40.6 Å². The molecule has 0 aliphatic heterocycles. The van der Waals surface area contributed by atoms with Crippen molar-refractivity contribution < 1.29 is 0 Å². The van der Waals surface area contributed by atoms with E-state index in [4.69, 9.17) is 0 Å². The second-order valence-corrected chi connectivity index (χ2v) is 22.7. The fraction of sp³-hybridized carbons (Fsp3) is 0.0233. The van der Waals surface area contributed by atoms with Gasteiger partial charge in [0.2, 0.25) is 0 Å². The quantitative estimate of drug-likeness (QED) is 0.0941. The van der Waals surface area contributed by atoms with Crippen LogP contribution in [0.3, 0.4) is 0 Å². The number of fused-ring (bicyclic) bond motifs is 17. The zero-order valence-electron chi connectivity index (χ0n) is 49.1. The van der Waals surface area contributed by atoms with Crippen molar-refractivity contribution in [2.75, 3.05) is 16.8 Å². The maximum atomic E-state index is 4.22. The van der Waals surface area contributed by atoms with Crippen LogP contribution >= 0.6 is 0 Å². The molecule has 0 fully saturated rings. The van der Waals surface area contributed by atoms with E-state index in [1.165, 1.54) is 110 Å². The van der Waals surface area contributed by atoms with Gasteiger partial charge in [0.15, 0.2) is 0 Å². The van der Waals surface area contributed by atoms with E-state index in [0.717, 1.165) is 39.3 Å². The van der Waals surface area contributed by atoms with Crippen LogP contribution in [0.1, 0.15) is 27.8 Å². The van der Waals surface area contributed by atoms with E-state index in [1.54, 1.807) is 0 Å². The van der Waals surface area contributed by atoms with Gasteiger partial charge < -0.3 is 9.80 Å². The summed E-state index contributed by atoms with van der Waals surface area (Å²) < 4.78 is 0. The molecule has 14 aromatic carbocycles. The number of para-hydroxylation sites is 2. The predicted molar refractivity (Wildman–Crippen MR) is 376 cm³/mol. The van der Waals surface area contributed by atoms with Gasteiger partial charge in [0.05, 0.1) is 16.8 Å². The van der Waals surface area contributed by atoms with E-state index < -0.39 is 5.41 Å². The molecule has 416 valence electrons. The molecule has 0 heterocycles. The van der Waals surface area contributed by atoms with Crippen LogP contribution in [0.15, 0.2) is 347 Å². The van der Waals surface area contributed by atoms with Crippen molar-refractivity contribution >= 4 is 66.3 Å². The number of nitrogens with zero attached hydrogens (tertiary/aromatic N) is 2. The summed E-state index contributed by atoms with van der Waals surface area (Å²) in [4.78, 5) is 4.76. The molecule has 0 aromatic heterocycles. The first-order valence-corrected chi connectivity index (χ1v) is 30.3. The Kier molecular flexibility index (Phi) is 13.7. The summed E-state index contributed by atoms with van der Waals surface area (Å²) >= 11 is 0. The lowest BCUT2D eigenvalue weighted by molar-refractivity contribution is 0.802. The molecule has 2 aliphatic carbocycles. The normalized spacial score (nSPS) is 12.4. The zero-order chi connectivity index (χ0) is 59.1. The van der Waals surface area contributed by atoms with Gasteiger partial charge in [-0.15, -0.1) is 0 Å². The third-order valence-electron chi connectivity index (χ3n) is 18.1. The number of hydrogen-bond acceptors (Lipinski definition) is 2.